The van der Waals surface area contributed by atoms with Gasteiger partial charge < -0.3 is 20.3 Å². The normalized spacial score (nSPS) is 18.7. The van der Waals surface area contributed by atoms with E-state index in [0.717, 1.165) is 55.7 Å². The molecule has 2 N–H and O–H groups in total. The lowest BCUT2D eigenvalue weighted by molar-refractivity contribution is -0.274. The summed E-state index contributed by atoms with van der Waals surface area (Å²) < 4.78 is 40.6. The predicted octanol–water partition coefficient (Wildman–Crippen LogP) is 4.15. The molecular weight excluding hydrogens is 423 g/mol. The number of benzene rings is 1. The van der Waals surface area contributed by atoms with Crippen molar-refractivity contribution in [2.45, 2.75) is 45.0 Å². The Labute approximate surface area is 185 Å². The summed E-state index contributed by atoms with van der Waals surface area (Å²) >= 11 is 0. The van der Waals surface area contributed by atoms with Crippen LogP contribution in [-0.2, 0) is 0 Å². The first kappa shape index (κ1) is 23.6. The molecule has 0 spiro atoms. The van der Waals surface area contributed by atoms with Crippen molar-refractivity contribution in [2.24, 2.45) is 5.92 Å². The van der Waals surface area contributed by atoms with Crippen LogP contribution in [0.4, 0.5) is 24.9 Å². The van der Waals surface area contributed by atoms with Crippen LogP contribution in [0.2, 0.25) is 0 Å². The average molecular weight is 451 g/mol. The van der Waals surface area contributed by atoms with Crippen LogP contribution in [0.5, 0.6) is 5.75 Å². The fraction of sp³-hybridized carbons (Fsp3) is 0.500. The molecule has 0 saturated heterocycles. The highest BCUT2D eigenvalue weighted by Gasteiger charge is 2.31. The maximum atomic E-state index is 12.4. The molecule has 32 heavy (non-hydrogen) atoms. The number of aryl methyl sites for hydroxylation is 1. The smallest absolute Gasteiger partial charge is 0.406 e. The molecule has 0 radical (unpaired) electrons. The summed E-state index contributed by atoms with van der Waals surface area (Å²) in [4.78, 5) is 23.2. The number of carbonyl (C=O) groups excluding carboxylic acids is 1. The molecule has 0 aliphatic heterocycles. The number of rotatable bonds is 7. The second-order valence-electron chi connectivity index (χ2n) is 8.24. The van der Waals surface area contributed by atoms with Gasteiger partial charge in [0.15, 0.2) is 0 Å². The largest absolute Gasteiger partial charge is 0.573 e. The topological polar surface area (TPSA) is 79.4 Å². The average Bonchev–Trinajstić information content (AvgIpc) is 2.73. The zero-order valence-corrected chi connectivity index (χ0v) is 18.4. The Kier molecular flexibility index (Phi) is 7.42. The highest BCUT2D eigenvalue weighted by molar-refractivity contribution is 5.94. The zero-order chi connectivity index (χ0) is 23.3. The Hall–Kier alpha value is -3.04. The number of nitrogens with one attached hydrogen (secondary N) is 2. The molecule has 1 saturated carbocycles. The van der Waals surface area contributed by atoms with Gasteiger partial charge in [0.2, 0.25) is 5.95 Å². The van der Waals surface area contributed by atoms with Gasteiger partial charge in [-0.25, -0.2) is 4.98 Å². The molecule has 1 aliphatic rings. The van der Waals surface area contributed by atoms with Crippen molar-refractivity contribution < 1.29 is 22.7 Å². The summed E-state index contributed by atoms with van der Waals surface area (Å²) in [7, 11) is 3.89. The van der Waals surface area contributed by atoms with Gasteiger partial charge >= 0.3 is 6.36 Å². The molecule has 1 aliphatic carbocycles. The summed E-state index contributed by atoms with van der Waals surface area (Å²) in [6.45, 7) is 2.73. The number of aromatic nitrogens is 2. The Morgan fingerprint density at radius 1 is 1.16 bits per heavy atom. The maximum Gasteiger partial charge on any atom is 0.573 e. The van der Waals surface area contributed by atoms with Gasteiger partial charge in [0, 0.05) is 44.0 Å². The molecule has 0 atom stereocenters. The van der Waals surface area contributed by atoms with E-state index in [9.17, 15) is 18.0 Å². The van der Waals surface area contributed by atoms with E-state index in [0.29, 0.717) is 17.4 Å². The van der Waals surface area contributed by atoms with Gasteiger partial charge in [-0.3, -0.25) is 4.79 Å². The van der Waals surface area contributed by atoms with Crippen molar-refractivity contribution in [3.8, 4) is 5.75 Å². The molecular formula is C22H28F3N5O2. The minimum absolute atomic E-state index is 0.0424. The van der Waals surface area contributed by atoms with Crippen LogP contribution in [0, 0.1) is 12.8 Å². The first-order valence-corrected chi connectivity index (χ1v) is 10.5. The van der Waals surface area contributed by atoms with Gasteiger partial charge in [-0.15, -0.1) is 13.2 Å². The maximum absolute atomic E-state index is 12.4. The number of carbonyl (C=O) groups is 1. The molecule has 174 valence electrons. The van der Waals surface area contributed by atoms with Crippen molar-refractivity contribution in [1.29, 1.82) is 0 Å². The van der Waals surface area contributed by atoms with Crippen molar-refractivity contribution >= 4 is 17.7 Å². The molecule has 0 bridgehead atoms. The van der Waals surface area contributed by atoms with Crippen molar-refractivity contribution in [1.82, 2.24) is 15.3 Å². The van der Waals surface area contributed by atoms with Crippen LogP contribution in [0.1, 0.15) is 41.6 Å². The molecule has 1 heterocycles. The quantitative estimate of drug-likeness (QED) is 0.659. The molecule has 1 amide bonds. The Morgan fingerprint density at radius 3 is 2.41 bits per heavy atom. The molecule has 1 fully saturated rings. The van der Waals surface area contributed by atoms with Gasteiger partial charge in [-0.05, 0) is 62.8 Å². The second kappa shape index (κ2) is 10.1. The van der Waals surface area contributed by atoms with Crippen molar-refractivity contribution in [3.63, 3.8) is 0 Å². The van der Waals surface area contributed by atoms with Crippen LogP contribution < -0.4 is 20.3 Å². The van der Waals surface area contributed by atoms with Gasteiger partial charge in [0.1, 0.15) is 11.6 Å². The van der Waals surface area contributed by atoms with E-state index in [4.69, 9.17) is 0 Å². The van der Waals surface area contributed by atoms with Crippen LogP contribution in [-0.4, -0.2) is 48.9 Å². The number of hydrogen-bond donors (Lipinski definition) is 2. The molecule has 3 rings (SSSR count). The van der Waals surface area contributed by atoms with Crippen molar-refractivity contribution in [2.75, 3.05) is 30.9 Å². The lowest BCUT2D eigenvalue weighted by atomic mass is 9.86. The van der Waals surface area contributed by atoms with Gasteiger partial charge in [0.05, 0.1) is 0 Å². The molecule has 7 nitrogen and oxygen atoms in total. The Morgan fingerprint density at radius 2 is 1.81 bits per heavy atom. The van der Waals surface area contributed by atoms with Crippen molar-refractivity contribution in [3.05, 3.63) is 41.6 Å². The van der Waals surface area contributed by atoms with E-state index in [1.165, 1.54) is 12.1 Å². The summed E-state index contributed by atoms with van der Waals surface area (Å²) in [5.74, 6) is 1.29. The summed E-state index contributed by atoms with van der Waals surface area (Å²) in [5, 5.41) is 6.28. The fourth-order valence-corrected chi connectivity index (χ4v) is 3.79. The van der Waals surface area contributed by atoms with Crippen LogP contribution in [0.15, 0.2) is 30.5 Å². The number of anilines is 2. The minimum Gasteiger partial charge on any atom is -0.406 e. The lowest BCUT2D eigenvalue weighted by Gasteiger charge is -2.29. The SMILES string of the molecule is Cc1cnc(NC[C@H]2CC[C@@H](NC(=O)c3ccc(OC(F)(F)F)cc3)CC2)nc1N(C)C. The molecule has 2 aromatic rings. The molecule has 1 aromatic heterocycles. The Balaban J connectivity index is 1.44. The number of halogens is 3. The summed E-state index contributed by atoms with van der Waals surface area (Å²) in [5.41, 5.74) is 1.32. The zero-order valence-electron chi connectivity index (χ0n) is 18.4. The van der Waals surface area contributed by atoms with E-state index >= 15 is 0 Å². The molecule has 0 unspecified atom stereocenters. The third-order valence-electron chi connectivity index (χ3n) is 5.45. The number of alkyl halides is 3. The van der Waals surface area contributed by atoms with E-state index in [1.807, 2.05) is 25.9 Å². The van der Waals surface area contributed by atoms with E-state index < -0.39 is 6.36 Å². The first-order chi connectivity index (χ1) is 15.1. The van der Waals surface area contributed by atoms with E-state index in [2.05, 4.69) is 25.3 Å². The highest BCUT2D eigenvalue weighted by atomic mass is 19.4. The first-order valence-electron chi connectivity index (χ1n) is 10.5. The molecule has 1 aromatic carbocycles. The van der Waals surface area contributed by atoms with Crippen LogP contribution >= 0.6 is 0 Å². The summed E-state index contributed by atoms with van der Waals surface area (Å²) in [6.07, 6.45) is 0.623. The predicted molar refractivity (Wildman–Crippen MR) is 116 cm³/mol. The van der Waals surface area contributed by atoms with Gasteiger partial charge in [-0.2, -0.15) is 4.98 Å². The number of ether oxygens (including phenoxy) is 1. The number of hydrogen-bond acceptors (Lipinski definition) is 6. The van der Waals surface area contributed by atoms with E-state index in [1.54, 1.807) is 6.20 Å². The third kappa shape index (κ3) is 6.73. The molecule has 10 heteroatoms. The number of amides is 1. The summed E-state index contributed by atoms with van der Waals surface area (Å²) in [6, 6.07) is 4.98. The van der Waals surface area contributed by atoms with E-state index in [-0.39, 0.29) is 17.7 Å². The third-order valence-corrected chi connectivity index (χ3v) is 5.45. The lowest BCUT2D eigenvalue weighted by Crippen LogP contribution is -2.38. The Bertz CT molecular complexity index is 911. The monoisotopic (exact) mass is 451 g/mol. The van der Waals surface area contributed by atoms with Gasteiger partial charge in [-0.1, -0.05) is 0 Å². The minimum atomic E-state index is -4.75. The van der Waals surface area contributed by atoms with Crippen LogP contribution in [0.3, 0.4) is 0 Å². The second-order valence-corrected chi connectivity index (χ2v) is 8.24. The highest BCUT2D eigenvalue weighted by Crippen LogP contribution is 2.26. The van der Waals surface area contributed by atoms with Crippen LogP contribution in [0.25, 0.3) is 0 Å². The standard InChI is InChI=1S/C22H28F3N5O2/c1-14-12-26-21(29-19(14)30(2)3)27-13-15-4-8-17(9-5-15)28-20(31)16-6-10-18(11-7-16)32-22(23,24)25/h6-7,10-12,15,17H,4-5,8-9,13H2,1-3H3,(H,28,31)(H,26,27,29)/t15-,17+. The number of nitrogens with zero attached hydrogens (tertiary/aromatic N) is 3. The van der Waals surface area contributed by atoms with Gasteiger partial charge in [0.25, 0.3) is 5.91 Å². The fourth-order valence-electron chi connectivity index (χ4n) is 3.79.